The molecule has 2 rings (SSSR count). The number of rotatable bonds is 4. The zero-order chi connectivity index (χ0) is 17.3. The third-order valence-corrected chi connectivity index (χ3v) is 5.24. The Morgan fingerprint density at radius 3 is 2.65 bits per heavy atom. The number of hydrogen-bond acceptors (Lipinski definition) is 5. The van der Waals surface area contributed by atoms with Gasteiger partial charge in [-0.3, -0.25) is 4.79 Å². The van der Waals surface area contributed by atoms with Gasteiger partial charge in [0.25, 0.3) is 15.9 Å². The average molecular weight is 343 g/mol. The van der Waals surface area contributed by atoms with E-state index in [1.165, 1.54) is 12.1 Å². The van der Waals surface area contributed by atoms with Gasteiger partial charge in [-0.1, -0.05) is 0 Å². The number of carbonyl (C=O) groups is 1. The van der Waals surface area contributed by atoms with Crippen LogP contribution in [0.2, 0.25) is 0 Å². The lowest BCUT2D eigenvalue weighted by Crippen LogP contribution is -2.46. The summed E-state index contributed by atoms with van der Waals surface area (Å²) in [6.45, 7) is 6.47. The first-order valence-electron chi connectivity index (χ1n) is 7.73. The average Bonchev–Trinajstić information content (AvgIpc) is 2.94. The lowest BCUT2D eigenvalue weighted by molar-refractivity contribution is 0.0660. The molecule has 0 aliphatic carbocycles. The summed E-state index contributed by atoms with van der Waals surface area (Å²) in [6.07, 6.45) is 1.93. The van der Waals surface area contributed by atoms with Crippen LogP contribution < -0.4 is 10.0 Å². The second-order valence-electron chi connectivity index (χ2n) is 6.85. The van der Waals surface area contributed by atoms with E-state index >= 15 is 0 Å². The van der Waals surface area contributed by atoms with Crippen molar-refractivity contribution in [1.82, 2.24) is 14.9 Å². The molecule has 2 heterocycles. The standard InChI is InChI=1S/C15H25N3O4S/c1-15(2,3)17-23(20,21)13-8-7-12(22-13)14(19)18-9-5-6-11(10-18)16-4/h7-8,11,16-17H,5-6,9-10H2,1-4H3. The van der Waals surface area contributed by atoms with Crippen molar-refractivity contribution in [2.45, 2.75) is 50.3 Å². The first-order valence-corrected chi connectivity index (χ1v) is 9.21. The van der Waals surface area contributed by atoms with Gasteiger partial charge in [-0.2, -0.15) is 0 Å². The predicted molar refractivity (Wildman–Crippen MR) is 86.8 cm³/mol. The normalized spacial score (nSPS) is 19.8. The summed E-state index contributed by atoms with van der Waals surface area (Å²) in [5.74, 6) is -0.224. The third-order valence-electron chi connectivity index (χ3n) is 3.61. The molecule has 0 spiro atoms. The van der Waals surface area contributed by atoms with E-state index < -0.39 is 15.6 Å². The molecule has 1 aliphatic rings. The monoisotopic (exact) mass is 343 g/mol. The van der Waals surface area contributed by atoms with E-state index in [0.29, 0.717) is 13.1 Å². The van der Waals surface area contributed by atoms with Gasteiger partial charge in [-0.25, -0.2) is 13.1 Å². The van der Waals surface area contributed by atoms with Gasteiger partial charge in [0.1, 0.15) is 0 Å². The lowest BCUT2D eigenvalue weighted by Gasteiger charge is -2.31. The van der Waals surface area contributed by atoms with E-state index in [1.54, 1.807) is 25.7 Å². The molecule has 8 heteroatoms. The van der Waals surface area contributed by atoms with Crippen LogP contribution in [0.15, 0.2) is 21.6 Å². The maximum absolute atomic E-state index is 12.5. The third kappa shape index (κ3) is 4.55. The smallest absolute Gasteiger partial charge is 0.289 e. The van der Waals surface area contributed by atoms with Gasteiger partial charge in [0.15, 0.2) is 5.76 Å². The molecule has 1 amide bonds. The van der Waals surface area contributed by atoms with Gasteiger partial charge in [-0.05, 0) is 52.8 Å². The zero-order valence-corrected chi connectivity index (χ0v) is 14.9. The van der Waals surface area contributed by atoms with Crippen LogP contribution in [0, 0.1) is 0 Å². The number of nitrogens with one attached hydrogen (secondary N) is 2. The number of furan rings is 1. The van der Waals surface area contributed by atoms with Crippen molar-refractivity contribution in [2.75, 3.05) is 20.1 Å². The van der Waals surface area contributed by atoms with Gasteiger partial charge in [0, 0.05) is 24.7 Å². The van der Waals surface area contributed by atoms with Crippen LogP contribution >= 0.6 is 0 Å². The second kappa shape index (κ2) is 6.62. The Labute approximate surface area is 137 Å². The molecule has 130 valence electrons. The van der Waals surface area contributed by atoms with Crippen LogP contribution in [0.25, 0.3) is 0 Å². The first-order chi connectivity index (χ1) is 10.6. The van der Waals surface area contributed by atoms with Crippen LogP contribution in [0.4, 0.5) is 0 Å². The number of amides is 1. The molecule has 1 aromatic heterocycles. The molecular formula is C15H25N3O4S. The summed E-state index contributed by atoms with van der Waals surface area (Å²) < 4.78 is 32.3. The van der Waals surface area contributed by atoms with Crippen LogP contribution in [0.3, 0.4) is 0 Å². The van der Waals surface area contributed by atoms with Gasteiger partial charge in [0.2, 0.25) is 5.09 Å². The van der Waals surface area contributed by atoms with E-state index in [1.807, 2.05) is 7.05 Å². The van der Waals surface area contributed by atoms with E-state index in [2.05, 4.69) is 10.0 Å². The number of sulfonamides is 1. The maximum atomic E-state index is 12.5. The molecule has 1 saturated heterocycles. The number of likely N-dealkylation sites (tertiary alicyclic amines) is 1. The van der Waals surface area contributed by atoms with Crippen LogP contribution in [0.5, 0.6) is 0 Å². The quantitative estimate of drug-likeness (QED) is 0.856. The van der Waals surface area contributed by atoms with Gasteiger partial charge >= 0.3 is 0 Å². The van der Waals surface area contributed by atoms with Gasteiger partial charge in [-0.15, -0.1) is 0 Å². The number of likely N-dealkylation sites (N-methyl/N-ethyl adjacent to an activating group) is 1. The first kappa shape index (κ1) is 18.0. The van der Waals surface area contributed by atoms with E-state index in [9.17, 15) is 13.2 Å². The Kier molecular flexibility index (Phi) is 5.17. The maximum Gasteiger partial charge on any atom is 0.289 e. The van der Waals surface area contributed by atoms with Crippen LogP contribution in [0.1, 0.15) is 44.2 Å². The Bertz CT molecular complexity index is 661. The van der Waals surface area contributed by atoms with Gasteiger partial charge < -0.3 is 14.6 Å². The summed E-state index contributed by atoms with van der Waals surface area (Å²) in [5, 5.41) is 2.93. The van der Waals surface area contributed by atoms with Crippen molar-refractivity contribution in [3.8, 4) is 0 Å². The zero-order valence-electron chi connectivity index (χ0n) is 14.0. The highest BCUT2D eigenvalue weighted by molar-refractivity contribution is 7.89. The van der Waals surface area contributed by atoms with Crippen molar-refractivity contribution in [1.29, 1.82) is 0 Å². The fraction of sp³-hybridized carbons (Fsp3) is 0.667. The number of hydrogen-bond donors (Lipinski definition) is 2. The molecule has 1 aromatic rings. The Morgan fingerprint density at radius 1 is 1.35 bits per heavy atom. The molecule has 1 fully saturated rings. The Morgan fingerprint density at radius 2 is 2.04 bits per heavy atom. The minimum Gasteiger partial charge on any atom is -0.438 e. The molecule has 2 N–H and O–H groups in total. The fourth-order valence-corrected chi connectivity index (χ4v) is 3.94. The van der Waals surface area contributed by atoms with Crippen molar-refractivity contribution >= 4 is 15.9 Å². The summed E-state index contributed by atoms with van der Waals surface area (Å²) in [4.78, 5) is 14.2. The second-order valence-corrected chi connectivity index (χ2v) is 8.47. The molecule has 0 radical (unpaired) electrons. The Balaban J connectivity index is 2.14. The molecule has 1 atom stereocenters. The SMILES string of the molecule is CNC1CCCN(C(=O)c2ccc(S(=O)(=O)NC(C)(C)C)o2)C1. The summed E-state index contributed by atoms with van der Waals surface area (Å²) in [7, 11) is -1.91. The molecule has 0 saturated carbocycles. The van der Waals surface area contributed by atoms with Crippen molar-refractivity contribution in [3.63, 3.8) is 0 Å². The van der Waals surface area contributed by atoms with Crippen molar-refractivity contribution in [2.24, 2.45) is 0 Å². The minimum absolute atomic E-state index is 0.0519. The number of piperidine rings is 1. The molecule has 1 unspecified atom stereocenters. The summed E-state index contributed by atoms with van der Waals surface area (Å²) in [5.41, 5.74) is -0.622. The highest BCUT2D eigenvalue weighted by atomic mass is 32.2. The van der Waals surface area contributed by atoms with Crippen LogP contribution in [-0.2, 0) is 10.0 Å². The summed E-state index contributed by atoms with van der Waals surface area (Å²) in [6, 6.07) is 3.00. The van der Waals surface area contributed by atoms with Crippen molar-refractivity contribution in [3.05, 3.63) is 17.9 Å². The van der Waals surface area contributed by atoms with E-state index in [4.69, 9.17) is 4.42 Å². The molecule has 23 heavy (non-hydrogen) atoms. The topological polar surface area (TPSA) is 91.7 Å². The molecule has 7 nitrogen and oxygen atoms in total. The predicted octanol–water partition coefficient (Wildman–Crippen LogP) is 1.18. The number of nitrogens with zero attached hydrogens (tertiary/aromatic N) is 1. The van der Waals surface area contributed by atoms with Crippen LogP contribution in [-0.4, -0.2) is 50.9 Å². The van der Waals surface area contributed by atoms with Crippen molar-refractivity contribution < 1.29 is 17.6 Å². The minimum atomic E-state index is -3.78. The summed E-state index contributed by atoms with van der Waals surface area (Å²) >= 11 is 0. The Hall–Kier alpha value is -1.38. The van der Waals surface area contributed by atoms with Gasteiger partial charge in [0.05, 0.1) is 0 Å². The van der Waals surface area contributed by atoms with E-state index in [0.717, 1.165) is 12.8 Å². The lowest BCUT2D eigenvalue weighted by atomic mass is 10.1. The molecular weight excluding hydrogens is 318 g/mol. The highest BCUT2D eigenvalue weighted by Crippen LogP contribution is 2.19. The largest absolute Gasteiger partial charge is 0.438 e. The molecule has 0 bridgehead atoms. The molecule has 0 aromatic carbocycles. The number of carbonyl (C=O) groups excluding carboxylic acids is 1. The fourth-order valence-electron chi connectivity index (χ4n) is 2.59. The van der Waals surface area contributed by atoms with E-state index in [-0.39, 0.29) is 22.8 Å². The molecule has 1 aliphatic heterocycles. The highest BCUT2D eigenvalue weighted by Gasteiger charge is 2.29.